The minimum absolute atomic E-state index is 0.177. The number of rotatable bonds is 7. The Bertz CT molecular complexity index is 206. The molecule has 1 rings (SSSR count). The highest BCUT2D eigenvalue weighted by molar-refractivity contribution is 6.17. The predicted octanol–water partition coefficient (Wildman–Crippen LogP) is 0.829. The van der Waals surface area contributed by atoms with E-state index >= 15 is 0 Å². The number of alkyl halides is 1. The molecule has 2 N–H and O–H groups in total. The summed E-state index contributed by atoms with van der Waals surface area (Å²) in [4.78, 5) is 13.1. The Kier molecular flexibility index (Phi) is 6.76. The Balaban J connectivity index is 2.05. The molecule has 0 aliphatic carbocycles. The van der Waals surface area contributed by atoms with Crippen molar-refractivity contribution < 1.29 is 9.53 Å². The molecule has 0 spiro atoms. The maximum Gasteiger partial charge on any atom is 0.217 e. The lowest BCUT2D eigenvalue weighted by atomic mass is 9.93. The van der Waals surface area contributed by atoms with E-state index in [4.69, 9.17) is 22.1 Å². The highest BCUT2D eigenvalue weighted by Gasteiger charge is 2.20. The number of carbonyl (C=O) groups excluding carboxylic acids is 1. The summed E-state index contributed by atoms with van der Waals surface area (Å²) in [6, 6.07) is 0. The van der Waals surface area contributed by atoms with E-state index in [1.165, 1.54) is 0 Å². The first-order valence-electron chi connectivity index (χ1n) is 5.86. The number of hydrogen-bond acceptors (Lipinski definition) is 3. The van der Waals surface area contributed by atoms with Gasteiger partial charge in [-0.3, -0.25) is 4.79 Å². The van der Waals surface area contributed by atoms with Gasteiger partial charge >= 0.3 is 0 Å². The first-order chi connectivity index (χ1) is 7.72. The van der Waals surface area contributed by atoms with Crippen molar-refractivity contribution in [3.8, 4) is 0 Å². The molecule has 16 heavy (non-hydrogen) atoms. The van der Waals surface area contributed by atoms with Gasteiger partial charge in [-0.2, -0.15) is 0 Å². The minimum Gasteiger partial charge on any atom is -0.379 e. The summed E-state index contributed by atoms with van der Waals surface area (Å²) >= 11 is 5.51. The van der Waals surface area contributed by atoms with Crippen LogP contribution in [0.5, 0.6) is 0 Å². The second-order valence-corrected chi connectivity index (χ2v) is 4.63. The highest BCUT2D eigenvalue weighted by Crippen LogP contribution is 2.19. The Morgan fingerprint density at radius 2 is 2.06 bits per heavy atom. The fourth-order valence-electron chi connectivity index (χ4n) is 2.05. The second-order valence-electron chi connectivity index (χ2n) is 4.26. The van der Waals surface area contributed by atoms with Crippen molar-refractivity contribution in [1.82, 2.24) is 4.90 Å². The van der Waals surface area contributed by atoms with Crippen LogP contribution >= 0.6 is 11.6 Å². The van der Waals surface area contributed by atoms with E-state index in [0.717, 1.165) is 39.1 Å². The number of ether oxygens (including phenoxy) is 1. The van der Waals surface area contributed by atoms with Gasteiger partial charge in [-0.1, -0.05) is 0 Å². The van der Waals surface area contributed by atoms with Crippen molar-refractivity contribution in [2.24, 2.45) is 11.7 Å². The van der Waals surface area contributed by atoms with Crippen molar-refractivity contribution in [1.29, 1.82) is 0 Å². The van der Waals surface area contributed by atoms with Crippen molar-refractivity contribution in [2.75, 3.05) is 38.7 Å². The number of piperidine rings is 1. The van der Waals surface area contributed by atoms with Gasteiger partial charge in [-0.05, 0) is 31.8 Å². The molecule has 0 aromatic heterocycles. The van der Waals surface area contributed by atoms with Crippen LogP contribution in [0.1, 0.15) is 19.3 Å². The first kappa shape index (κ1) is 13.7. The molecule has 94 valence electrons. The monoisotopic (exact) mass is 248 g/mol. The third kappa shape index (κ3) is 5.68. The van der Waals surface area contributed by atoms with Crippen LogP contribution in [0.3, 0.4) is 0 Å². The lowest BCUT2D eigenvalue weighted by Crippen LogP contribution is -2.37. The molecule has 0 atom stereocenters. The van der Waals surface area contributed by atoms with Crippen LogP contribution in [0, 0.1) is 5.92 Å². The van der Waals surface area contributed by atoms with Crippen molar-refractivity contribution in [2.45, 2.75) is 19.3 Å². The van der Waals surface area contributed by atoms with E-state index in [-0.39, 0.29) is 5.91 Å². The maximum atomic E-state index is 10.8. The van der Waals surface area contributed by atoms with Crippen LogP contribution in [0.4, 0.5) is 0 Å². The normalized spacial score (nSPS) is 18.8. The van der Waals surface area contributed by atoms with E-state index in [1.54, 1.807) is 0 Å². The van der Waals surface area contributed by atoms with E-state index in [9.17, 15) is 4.79 Å². The number of likely N-dealkylation sites (tertiary alicyclic amines) is 1. The number of hydrogen-bond donors (Lipinski definition) is 1. The highest BCUT2D eigenvalue weighted by atomic mass is 35.5. The minimum atomic E-state index is -0.177. The van der Waals surface area contributed by atoms with Crippen molar-refractivity contribution >= 4 is 17.5 Å². The SMILES string of the molecule is NC(=O)CC1CCN(CCOCCCl)CC1. The molecular weight excluding hydrogens is 228 g/mol. The van der Waals surface area contributed by atoms with Crippen LogP contribution in [-0.4, -0.2) is 49.5 Å². The Morgan fingerprint density at radius 1 is 1.38 bits per heavy atom. The molecule has 1 heterocycles. The van der Waals surface area contributed by atoms with Crippen molar-refractivity contribution in [3.05, 3.63) is 0 Å². The number of halogens is 1. The summed E-state index contributed by atoms with van der Waals surface area (Å²) in [6.07, 6.45) is 2.67. The van der Waals surface area contributed by atoms with E-state index in [2.05, 4.69) is 4.90 Å². The molecule has 1 aliphatic heterocycles. The standard InChI is InChI=1S/C11H21ClN2O2/c12-3-7-16-8-6-14-4-1-10(2-5-14)9-11(13)15/h10H,1-9H2,(H2,13,15). The molecule has 1 aliphatic rings. The van der Waals surface area contributed by atoms with Crippen LogP contribution < -0.4 is 5.73 Å². The number of amides is 1. The third-order valence-corrected chi connectivity index (χ3v) is 3.12. The molecule has 0 saturated carbocycles. The summed E-state index contributed by atoms with van der Waals surface area (Å²) in [5.74, 6) is 0.863. The summed E-state index contributed by atoms with van der Waals surface area (Å²) in [6.45, 7) is 4.41. The van der Waals surface area contributed by atoms with Gasteiger partial charge in [0, 0.05) is 18.8 Å². The van der Waals surface area contributed by atoms with Gasteiger partial charge in [0.2, 0.25) is 5.91 Å². The molecule has 1 fully saturated rings. The van der Waals surface area contributed by atoms with Gasteiger partial charge in [0.15, 0.2) is 0 Å². The molecule has 5 heteroatoms. The van der Waals surface area contributed by atoms with E-state index in [1.807, 2.05) is 0 Å². The Labute approximate surface area is 102 Å². The number of primary amides is 1. The van der Waals surface area contributed by atoms with Crippen LogP contribution in [0.25, 0.3) is 0 Å². The fourth-order valence-corrected chi connectivity index (χ4v) is 2.16. The molecule has 1 amide bonds. The molecule has 0 radical (unpaired) electrons. The third-order valence-electron chi connectivity index (χ3n) is 2.97. The fraction of sp³-hybridized carbons (Fsp3) is 0.909. The smallest absolute Gasteiger partial charge is 0.217 e. The van der Waals surface area contributed by atoms with E-state index < -0.39 is 0 Å². The lowest BCUT2D eigenvalue weighted by Gasteiger charge is -2.31. The molecule has 4 nitrogen and oxygen atoms in total. The van der Waals surface area contributed by atoms with Crippen LogP contribution in [0.15, 0.2) is 0 Å². The molecular formula is C11H21ClN2O2. The Hall–Kier alpha value is -0.320. The van der Waals surface area contributed by atoms with Gasteiger partial charge in [0.1, 0.15) is 0 Å². The molecule has 0 aromatic carbocycles. The predicted molar refractivity (Wildman–Crippen MR) is 64.5 cm³/mol. The molecule has 1 saturated heterocycles. The van der Waals surface area contributed by atoms with Crippen LogP contribution in [-0.2, 0) is 9.53 Å². The van der Waals surface area contributed by atoms with Gasteiger partial charge in [-0.15, -0.1) is 11.6 Å². The maximum absolute atomic E-state index is 10.8. The first-order valence-corrected chi connectivity index (χ1v) is 6.40. The summed E-state index contributed by atoms with van der Waals surface area (Å²) < 4.78 is 5.33. The van der Waals surface area contributed by atoms with Crippen molar-refractivity contribution in [3.63, 3.8) is 0 Å². The second kappa shape index (κ2) is 7.87. The molecule has 0 bridgehead atoms. The average molecular weight is 249 g/mol. The quantitative estimate of drug-likeness (QED) is 0.536. The largest absolute Gasteiger partial charge is 0.379 e. The zero-order chi connectivity index (χ0) is 11.8. The van der Waals surface area contributed by atoms with Gasteiger partial charge in [0.05, 0.1) is 13.2 Å². The summed E-state index contributed by atoms with van der Waals surface area (Å²) in [5, 5.41) is 0. The lowest BCUT2D eigenvalue weighted by molar-refractivity contribution is -0.119. The van der Waals surface area contributed by atoms with Crippen LogP contribution in [0.2, 0.25) is 0 Å². The molecule has 0 unspecified atom stereocenters. The number of nitrogens with zero attached hydrogens (tertiary/aromatic N) is 1. The number of carbonyl (C=O) groups is 1. The zero-order valence-corrected chi connectivity index (χ0v) is 10.4. The molecule has 0 aromatic rings. The topological polar surface area (TPSA) is 55.6 Å². The summed E-state index contributed by atoms with van der Waals surface area (Å²) in [5.41, 5.74) is 5.19. The number of nitrogens with two attached hydrogens (primary N) is 1. The summed E-state index contributed by atoms with van der Waals surface area (Å²) in [7, 11) is 0. The van der Waals surface area contributed by atoms with Gasteiger partial charge in [0.25, 0.3) is 0 Å². The van der Waals surface area contributed by atoms with Gasteiger partial charge in [-0.25, -0.2) is 0 Å². The zero-order valence-electron chi connectivity index (χ0n) is 9.66. The van der Waals surface area contributed by atoms with Gasteiger partial charge < -0.3 is 15.4 Å². The average Bonchev–Trinajstić information content (AvgIpc) is 2.26. The van der Waals surface area contributed by atoms with E-state index in [0.29, 0.717) is 24.8 Å². The Morgan fingerprint density at radius 3 is 2.62 bits per heavy atom.